The molecule has 9 heteroatoms. The predicted octanol–water partition coefficient (Wildman–Crippen LogP) is 3.55. The van der Waals surface area contributed by atoms with E-state index in [0.717, 1.165) is 12.1 Å². The highest BCUT2D eigenvalue weighted by Crippen LogP contribution is 2.36. The molecule has 0 aliphatic rings. The molecule has 1 amide bonds. The SMILES string of the molecule is COc1cc(F)c(N)cc1N(C(=O)OC(C)(C)C)S(=O)(=O)c1ccccc1. The number of halogens is 1. The zero-order valence-electron chi connectivity index (χ0n) is 15.4. The van der Waals surface area contributed by atoms with Crippen LogP contribution in [0.2, 0.25) is 0 Å². The summed E-state index contributed by atoms with van der Waals surface area (Å²) in [5.41, 5.74) is 4.02. The number of nitrogens with two attached hydrogens (primary N) is 1. The lowest BCUT2D eigenvalue weighted by molar-refractivity contribution is 0.0608. The van der Waals surface area contributed by atoms with Crippen LogP contribution in [0.1, 0.15) is 20.8 Å². The quantitative estimate of drug-likeness (QED) is 0.794. The van der Waals surface area contributed by atoms with Gasteiger partial charge >= 0.3 is 6.09 Å². The molecule has 0 saturated carbocycles. The first-order chi connectivity index (χ1) is 12.5. The summed E-state index contributed by atoms with van der Waals surface area (Å²) in [4.78, 5) is 12.6. The molecular formula is C18H21FN2O5S. The number of anilines is 2. The summed E-state index contributed by atoms with van der Waals surface area (Å²) >= 11 is 0. The zero-order chi connectivity index (χ0) is 20.4. The second kappa shape index (κ2) is 7.43. The number of carbonyl (C=O) groups is 1. The van der Waals surface area contributed by atoms with Gasteiger partial charge in [0.1, 0.15) is 22.9 Å². The summed E-state index contributed by atoms with van der Waals surface area (Å²) < 4.78 is 50.9. The fraction of sp³-hybridized carbons (Fsp3) is 0.278. The van der Waals surface area contributed by atoms with Gasteiger partial charge in [-0.3, -0.25) is 0 Å². The van der Waals surface area contributed by atoms with E-state index in [0.29, 0.717) is 4.31 Å². The van der Waals surface area contributed by atoms with Crippen molar-refractivity contribution in [3.8, 4) is 5.75 Å². The van der Waals surface area contributed by atoms with Gasteiger partial charge in [0.05, 0.1) is 17.7 Å². The molecule has 0 aliphatic carbocycles. The maximum atomic E-state index is 13.8. The van der Waals surface area contributed by atoms with Crippen molar-refractivity contribution in [1.82, 2.24) is 0 Å². The number of nitrogen functional groups attached to an aromatic ring is 1. The number of ether oxygens (including phenoxy) is 2. The van der Waals surface area contributed by atoms with Crippen molar-refractivity contribution in [2.45, 2.75) is 31.3 Å². The number of methoxy groups -OCH3 is 1. The van der Waals surface area contributed by atoms with Crippen LogP contribution in [-0.2, 0) is 14.8 Å². The van der Waals surface area contributed by atoms with E-state index in [4.69, 9.17) is 15.2 Å². The highest BCUT2D eigenvalue weighted by Gasteiger charge is 2.37. The van der Waals surface area contributed by atoms with Gasteiger partial charge in [-0.1, -0.05) is 18.2 Å². The molecule has 0 spiro atoms. The Morgan fingerprint density at radius 3 is 2.26 bits per heavy atom. The summed E-state index contributed by atoms with van der Waals surface area (Å²) in [6.45, 7) is 4.78. The molecule has 2 rings (SSSR count). The van der Waals surface area contributed by atoms with E-state index in [1.807, 2.05) is 0 Å². The van der Waals surface area contributed by atoms with Crippen LogP contribution >= 0.6 is 0 Å². The van der Waals surface area contributed by atoms with Gasteiger partial charge in [-0.15, -0.1) is 0 Å². The van der Waals surface area contributed by atoms with E-state index < -0.39 is 27.5 Å². The fourth-order valence-corrected chi connectivity index (χ4v) is 3.56. The average Bonchev–Trinajstić information content (AvgIpc) is 2.57. The van der Waals surface area contributed by atoms with Gasteiger partial charge < -0.3 is 15.2 Å². The monoisotopic (exact) mass is 396 g/mol. The predicted molar refractivity (Wildman–Crippen MR) is 99.7 cm³/mol. The largest absolute Gasteiger partial charge is 0.494 e. The van der Waals surface area contributed by atoms with Crippen molar-refractivity contribution in [2.24, 2.45) is 0 Å². The van der Waals surface area contributed by atoms with Gasteiger partial charge in [-0.05, 0) is 39.0 Å². The topological polar surface area (TPSA) is 98.9 Å². The molecule has 0 saturated heterocycles. The number of nitrogens with zero attached hydrogens (tertiary/aromatic N) is 1. The van der Waals surface area contributed by atoms with Crippen LogP contribution in [0, 0.1) is 5.82 Å². The van der Waals surface area contributed by atoms with Crippen LogP contribution in [0.5, 0.6) is 5.75 Å². The van der Waals surface area contributed by atoms with Crippen LogP contribution in [0.3, 0.4) is 0 Å². The van der Waals surface area contributed by atoms with Gasteiger partial charge in [0, 0.05) is 6.07 Å². The molecule has 0 bridgehead atoms. The van der Waals surface area contributed by atoms with E-state index in [9.17, 15) is 17.6 Å². The normalized spacial score (nSPS) is 11.7. The molecule has 0 atom stereocenters. The lowest BCUT2D eigenvalue weighted by Gasteiger charge is -2.28. The minimum atomic E-state index is -4.39. The minimum Gasteiger partial charge on any atom is -0.494 e. The third-order valence-corrected chi connectivity index (χ3v) is 5.05. The first-order valence-corrected chi connectivity index (χ1v) is 9.38. The molecule has 2 aromatic rings. The lowest BCUT2D eigenvalue weighted by atomic mass is 10.2. The van der Waals surface area contributed by atoms with Crippen molar-refractivity contribution >= 4 is 27.5 Å². The second-order valence-corrected chi connectivity index (χ2v) is 8.40. The summed E-state index contributed by atoms with van der Waals surface area (Å²) in [6, 6.07) is 9.22. The lowest BCUT2D eigenvalue weighted by Crippen LogP contribution is -2.41. The summed E-state index contributed by atoms with van der Waals surface area (Å²) in [6.07, 6.45) is -1.17. The standard InChI is InChI=1S/C18H21FN2O5S/c1-18(2,3)26-17(22)21(27(23,24)12-8-6-5-7-9-12)15-11-14(20)13(19)10-16(15)25-4/h5-11H,20H2,1-4H3. The molecule has 0 heterocycles. The van der Waals surface area contributed by atoms with Crippen molar-refractivity contribution in [3.05, 3.63) is 48.3 Å². The Labute approximate surface area is 157 Å². The molecule has 2 aromatic carbocycles. The fourth-order valence-electron chi connectivity index (χ4n) is 2.21. The van der Waals surface area contributed by atoms with Gasteiger partial charge in [0.25, 0.3) is 10.0 Å². The van der Waals surface area contributed by atoms with Crippen LogP contribution in [-0.4, -0.2) is 27.2 Å². The van der Waals surface area contributed by atoms with Crippen molar-refractivity contribution in [1.29, 1.82) is 0 Å². The van der Waals surface area contributed by atoms with Crippen molar-refractivity contribution in [2.75, 3.05) is 17.1 Å². The van der Waals surface area contributed by atoms with Gasteiger partial charge in [0.2, 0.25) is 0 Å². The number of benzene rings is 2. The third-order valence-electron chi connectivity index (χ3n) is 3.36. The molecule has 7 nitrogen and oxygen atoms in total. The smallest absolute Gasteiger partial charge is 0.429 e. The number of hydrogen-bond donors (Lipinski definition) is 1. The number of carbonyl (C=O) groups excluding carboxylic acids is 1. The summed E-state index contributed by atoms with van der Waals surface area (Å²) in [5.74, 6) is -0.996. The Balaban J connectivity index is 2.72. The Morgan fingerprint density at radius 1 is 1.15 bits per heavy atom. The Bertz CT molecular complexity index is 940. The van der Waals surface area contributed by atoms with Crippen LogP contribution < -0.4 is 14.8 Å². The molecule has 146 valence electrons. The van der Waals surface area contributed by atoms with Crippen LogP contribution in [0.15, 0.2) is 47.4 Å². The van der Waals surface area contributed by atoms with Gasteiger partial charge in [-0.2, -0.15) is 4.31 Å². The number of hydrogen-bond acceptors (Lipinski definition) is 6. The number of amides is 1. The van der Waals surface area contributed by atoms with Crippen molar-refractivity contribution in [3.63, 3.8) is 0 Å². The summed E-state index contributed by atoms with van der Waals surface area (Å²) in [7, 11) is -3.17. The third kappa shape index (κ3) is 4.48. The minimum absolute atomic E-state index is 0.152. The van der Waals surface area contributed by atoms with Crippen LogP contribution in [0.4, 0.5) is 20.6 Å². The number of sulfonamides is 1. The molecular weight excluding hydrogens is 375 g/mol. The first kappa shape index (κ1) is 20.5. The Hall–Kier alpha value is -2.81. The van der Waals surface area contributed by atoms with E-state index in [-0.39, 0.29) is 22.0 Å². The molecule has 0 aliphatic heterocycles. The van der Waals surface area contributed by atoms with Crippen LogP contribution in [0.25, 0.3) is 0 Å². The molecule has 27 heavy (non-hydrogen) atoms. The summed E-state index contributed by atoms with van der Waals surface area (Å²) in [5, 5.41) is 0. The maximum absolute atomic E-state index is 13.8. The molecule has 2 N–H and O–H groups in total. The van der Waals surface area contributed by atoms with E-state index in [2.05, 4.69) is 0 Å². The first-order valence-electron chi connectivity index (χ1n) is 7.94. The molecule has 0 fully saturated rings. The van der Waals surface area contributed by atoms with E-state index >= 15 is 0 Å². The van der Waals surface area contributed by atoms with Crippen molar-refractivity contribution < 1.29 is 27.1 Å². The number of rotatable bonds is 4. The second-order valence-electron chi connectivity index (χ2n) is 6.61. The Kier molecular flexibility index (Phi) is 5.65. The molecule has 0 unspecified atom stereocenters. The van der Waals surface area contributed by atoms with Gasteiger partial charge in [0.15, 0.2) is 0 Å². The van der Waals surface area contributed by atoms with E-state index in [1.54, 1.807) is 26.8 Å². The van der Waals surface area contributed by atoms with E-state index in [1.165, 1.54) is 31.4 Å². The Morgan fingerprint density at radius 2 is 1.74 bits per heavy atom. The highest BCUT2D eigenvalue weighted by molar-refractivity contribution is 7.93. The highest BCUT2D eigenvalue weighted by atomic mass is 32.2. The van der Waals surface area contributed by atoms with Gasteiger partial charge in [-0.25, -0.2) is 17.6 Å². The maximum Gasteiger partial charge on any atom is 0.429 e. The molecule has 0 radical (unpaired) electrons. The molecule has 0 aromatic heterocycles. The zero-order valence-corrected chi connectivity index (χ0v) is 16.2. The average molecular weight is 396 g/mol.